The minimum atomic E-state index is -0.468. The molecule has 0 aliphatic rings. The third-order valence-electron chi connectivity index (χ3n) is 2.50. The first kappa shape index (κ1) is 14.0. The van der Waals surface area contributed by atoms with Gasteiger partial charge < -0.3 is 14.6 Å². The van der Waals surface area contributed by atoms with E-state index in [9.17, 15) is 5.11 Å². The number of ether oxygens (including phenoxy) is 2. The summed E-state index contributed by atoms with van der Waals surface area (Å²) in [6.45, 7) is 7.22. The van der Waals surface area contributed by atoms with Crippen LogP contribution in [0.1, 0.15) is 38.0 Å². The number of rotatable bonds is 6. The van der Waals surface area contributed by atoms with Crippen molar-refractivity contribution in [1.29, 1.82) is 0 Å². The van der Waals surface area contributed by atoms with Crippen molar-refractivity contribution in [3.05, 3.63) is 29.3 Å². The number of hydrogen-bond donors (Lipinski definition) is 1. The van der Waals surface area contributed by atoms with E-state index in [-0.39, 0.29) is 0 Å². The lowest BCUT2D eigenvalue weighted by Gasteiger charge is -2.13. The van der Waals surface area contributed by atoms with Gasteiger partial charge in [-0.25, -0.2) is 0 Å². The Morgan fingerprint density at radius 2 is 1.94 bits per heavy atom. The van der Waals surface area contributed by atoms with Crippen molar-refractivity contribution in [2.75, 3.05) is 13.7 Å². The van der Waals surface area contributed by atoms with E-state index in [1.807, 2.05) is 18.2 Å². The minimum Gasteiger partial charge on any atom is -0.496 e. The highest BCUT2D eigenvalue weighted by Crippen LogP contribution is 2.24. The van der Waals surface area contributed by atoms with Crippen molar-refractivity contribution in [1.82, 2.24) is 0 Å². The molecular formula is C14H22O3. The fraction of sp³-hybridized carbons (Fsp3) is 0.571. The Kier molecular flexibility index (Phi) is 5.45. The first-order chi connectivity index (χ1) is 8.04. The summed E-state index contributed by atoms with van der Waals surface area (Å²) in [6.07, 6.45) is -0.468. The van der Waals surface area contributed by atoms with E-state index < -0.39 is 6.10 Å². The number of hydrogen-bond acceptors (Lipinski definition) is 3. The Bertz CT molecular complexity index is 345. The van der Waals surface area contributed by atoms with E-state index in [2.05, 4.69) is 13.8 Å². The van der Waals surface area contributed by atoms with Crippen molar-refractivity contribution >= 4 is 0 Å². The molecule has 17 heavy (non-hydrogen) atoms. The highest BCUT2D eigenvalue weighted by Gasteiger charge is 2.08. The van der Waals surface area contributed by atoms with Crippen LogP contribution in [0, 0.1) is 5.92 Å². The summed E-state index contributed by atoms with van der Waals surface area (Å²) in [7, 11) is 1.64. The molecular weight excluding hydrogens is 216 g/mol. The molecule has 1 aromatic carbocycles. The van der Waals surface area contributed by atoms with Gasteiger partial charge in [-0.15, -0.1) is 0 Å². The summed E-state index contributed by atoms with van der Waals surface area (Å²) in [4.78, 5) is 0. The monoisotopic (exact) mass is 238 g/mol. The lowest BCUT2D eigenvalue weighted by Crippen LogP contribution is -2.04. The molecule has 3 heteroatoms. The first-order valence-electron chi connectivity index (χ1n) is 5.97. The van der Waals surface area contributed by atoms with Gasteiger partial charge in [0.15, 0.2) is 0 Å². The number of benzene rings is 1. The zero-order valence-electron chi connectivity index (χ0n) is 11.1. The Hall–Kier alpha value is -1.06. The molecule has 0 aliphatic carbocycles. The van der Waals surface area contributed by atoms with Crippen LogP contribution < -0.4 is 4.74 Å². The maximum atomic E-state index is 9.54. The van der Waals surface area contributed by atoms with Gasteiger partial charge in [0.25, 0.3) is 0 Å². The molecule has 0 spiro atoms. The summed E-state index contributed by atoms with van der Waals surface area (Å²) < 4.78 is 10.9. The SMILES string of the molecule is COc1ccc(C(C)O)cc1COCC(C)C. The third kappa shape index (κ3) is 4.36. The average molecular weight is 238 g/mol. The van der Waals surface area contributed by atoms with Gasteiger partial charge in [0.05, 0.1) is 19.8 Å². The van der Waals surface area contributed by atoms with Crippen LogP contribution in [0.3, 0.4) is 0 Å². The topological polar surface area (TPSA) is 38.7 Å². The fourth-order valence-corrected chi connectivity index (χ4v) is 1.58. The molecule has 0 saturated heterocycles. The molecule has 0 radical (unpaired) electrons. The normalized spacial score (nSPS) is 12.8. The minimum absolute atomic E-state index is 0.468. The van der Waals surface area contributed by atoms with E-state index in [1.165, 1.54) is 0 Å². The summed E-state index contributed by atoms with van der Waals surface area (Å²) in [5, 5.41) is 9.54. The highest BCUT2D eigenvalue weighted by atomic mass is 16.5. The smallest absolute Gasteiger partial charge is 0.124 e. The van der Waals surface area contributed by atoms with E-state index in [4.69, 9.17) is 9.47 Å². The molecule has 0 heterocycles. The van der Waals surface area contributed by atoms with Crippen LogP contribution in [0.4, 0.5) is 0 Å². The maximum Gasteiger partial charge on any atom is 0.124 e. The van der Waals surface area contributed by atoms with Crippen molar-refractivity contribution in [2.45, 2.75) is 33.5 Å². The van der Waals surface area contributed by atoms with Crippen molar-refractivity contribution in [2.24, 2.45) is 5.92 Å². The molecule has 0 fully saturated rings. The van der Waals surface area contributed by atoms with Crippen LogP contribution >= 0.6 is 0 Å². The van der Waals surface area contributed by atoms with E-state index >= 15 is 0 Å². The lowest BCUT2D eigenvalue weighted by atomic mass is 10.1. The first-order valence-corrected chi connectivity index (χ1v) is 5.97. The maximum absolute atomic E-state index is 9.54. The second-order valence-electron chi connectivity index (χ2n) is 4.66. The van der Waals surface area contributed by atoms with Crippen LogP contribution in [-0.2, 0) is 11.3 Å². The van der Waals surface area contributed by atoms with Gasteiger partial charge in [0.2, 0.25) is 0 Å². The number of aliphatic hydroxyl groups is 1. The molecule has 1 rings (SSSR count). The van der Waals surface area contributed by atoms with Crippen LogP contribution in [0.15, 0.2) is 18.2 Å². The van der Waals surface area contributed by atoms with Crippen LogP contribution in [0.5, 0.6) is 5.75 Å². The van der Waals surface area contributed by atoms with Gasteiger partial charge in [-0.2, -0.15) is 0 Å². The summed E-state index contributed by atoms with van der Waals surface area (Å²) in [5.74, 6) is 1.32. The molecule has 1 atom stereocenters. The van der Waals surface area contributed by atoms with Gasteiger partial charge in [-0.05, 0) is 30.5 Å². The molecule has 3 nitrogen and oxygen atoms in total. The quantitative estimate of drug-likeness (QED) is 0.828. The van der Waals surface area contributed by atoms with Crippen LogP contribution in [-0.4, -0.2) is 18.8 Å². The molecule has 0 bridgehead atoms. The summed E-state index contributed by atoms with van der Waals surface area (Å²) >= 11 is 0. The zero-order valence-corrected chi connectivity index (χ0v) is 11.1. The Morgan fingerprint density at radius 3 is 2.47 bits per heavy atom. The molecule has 1 unspecified atom stereocenters. The molecule has 0 aliphatic heterocycles. The van der Waals surface area contributed by atoms with E-state index in [1.54, 1.807) is 14.0 Å². The van der Waals surface area contributed by atoms with Crippen LogP contribution in [0.25, 0.3) is 0 Å². The van der Waals surface area contributed by atoms with Gasteiger partial charge in [-0.3, -0.25) is 0 Å². The van der Waals surface area contributed by atoms with Crippen molar-refractivity contribution < 1.29 is 14.6 Å². The molecule has 96 valence electrons. The standard InChI is InChI=1S/C14H22O3/c1-10(2)8-17-9-13-7-12(11(3)15)5-6-14(13)16-4/h5-7,10-11,15H,8-9H2,1-4H3. The predicted octanol–water partition coefficient (Wildman–Crippen LogP) is 2.92. The Balaban J connectivity index is 2.75. The average Bonchev–Trinajstić information content (AvgIpc) is 2.28. The van der Waals surface area contributed by atoms with E-state index in [0.29, 0.717) is 12.5 Å². The van der Waals surface area contributed by atoms with E-state index in [0.717, 1.165) is 23.5 Å². The second kappa shape index (κ2) is 6.62. The lowest BCUT2D eigenvalue weighted by molar-refractivity contribution is 0.0953. The van der Waals surface area contributed by atoms with Gasteiger partial charge in [0.1, 0.15) is 5.75 Å². The fourth-order valence-electron chi connectivity index (χ4n) is 1.58. The molecule has 0 saturated carbocycles. The zero-order chi connectivity index (χ0) is 12.8. The van der Waals surface area contributed by atoms with Crippen molar-refractivity contribution in [3.8, 4) is 5.75 Å². The van der Waals surface area contributed by atoms with Crippen LogP contribution in [0.2, 0.25) is 0 Å². The Labute approximate surface area is 103 Å². The molecule has 1 aromatic rings. The highest BCUT2D eigenvalue weighted by molar-refractivity contribution is 5.37. The molecule has 1 N–H and O–H groups in total. The number of methoxy groups -OCH3 is 1. The van der Waals surface area contributed by atoms with Crippen molar-refractivity contribution in [3.63, 3.8) is 0 Å². The summed E-state index contributed by atoms with van der Waals surface area (Å²) in [6, 6.07) is 5.68. The van der Waals surface area contributed by atoms with Gasteiger partial charge >= 0.3 is 0 Å². The number of aliphatic hydroxyl groups excluding tert-OH is 1. The van der Waals surface area contributed by atoms with Gasteiger partial charge in [0, 0.05) is 12.2 Å². The largest absolute Gasteiger partial charge is 0.496 e. The molecule has 0 amide bonds. The second-order valence-corrected chi connectivity index (χ2v) is 4.66. The molecule has 0 aromatic heterocycles. The Morgan fingerprint density at radius 1 is 1.24 bits per heavy atom. The van der Waals surface area contributed by atoms with Gasteiger partial charge in [-0.1, -0.05) is 19.9 Å². The predicted molar refractivity (Wildman–Crippen MR) is 68.1 cm³/mol. The third-order valence-corrected chi connectivity index (χ3v) is 2.50. The summed E-state index contributed by atoms with van der Waals surface area (Å²) in [5.41, 5.74) is 1.86.